The summed E-state index contributed by atoms with van der Waals surface area (Å²) in [7, 11) is 0. The molecule has 1 saturated heterocycles. The van der Waals surface area contributed by atoms with E-state index < -0.39 is 0 Å². The van der Waals surface area contributed by atoms with E-state index in [1.165, 1.54) is 5.56 Å². The Labute approximate surface area is 188 Å². The zero-order valence-electron chi connectivity index (χ0n) is 18.1. The maximum Gasteiger partial charge on any atom is 0.247 e. The van der Waals surface area contributed by atoms with Gasteiger partial charge >= 0.3 is 0 Å². The molecule has 6 heteroatoms. The summed E-state index contributed by atoms with van der Waals surface area (Å²) in [6.07, 6.45) is 2.75. The summed E-state index contributed by atoms with van der Waals surface area (Å²) in [5.74, 6) is 2.05. The average molecular weight is 438 g/mol. The molecule has 0 spiro atoms. The van der Waals surface area contributed by atoms with Crippen molar-refractivity contribution in [2.24, 2.45) is 11.8 Å². The van der Waals surface area contributed by atoms with Gasteiger partial charge in [-0.2, -0.15) is 0 Å². The van der Waals surface area contributed by atoms with E-state index in [9.17, 15) is 4.79 Å². The van der Waals surface area contributed by atoms with Gasteiger partial charge in [0.2, 0.25) is 11.8 Å². The molecule has 5 nitrogen and oxygen atoms in total. The van der Waals surface area contributed by atoms with Crippen LogP contribution in [-0.2, 0) is 13.0 Å². The lowest BCUT2D eigenvalue weighted by atomic mass is 9.88. The van der Waals surface area contributed by atoms with Crippen molar-refractivity contribution in [1.82, 2.24) is 15.1 Å². The number of carbonyl (C=O) groups excluding carboxylic acids is 1. The lowest BCUT2D eigenvalue weighted by molar-refractivity contribution is 0.0828. The maximum atomic E-state index is 12.9. The molecule has 3 aromatic rings. The van der Waals surface area contributed by atoms with Crippen LogP contribution in [0.15, 0.2) is 52.9 Å². The van der Waals surface area contributed by atoms with Gasteiger partial charge in [-0.05, 0) is 68.1 Å². The fourth-order valence-electron chi connectivity index (χ4n) is 4.08. The molecular formula is C25H28ClN3O2. The van der Waals surface area contributed by atoms with Crippen molar-refractivity contribution in [3.63, 3.8) is 0 Å². The SMILES string of the molecule is CC(C)Cc1ccc(C(=O)C2CCN(Cc3nnc(-c4ccc(Cl)cc4)o3)CC2)cc1. The average Bonchev–Trinajstić information content (AvgIpc) is 3.23. The van der Waals surface area contributed by atoms with Crippen LogP contribution in [0.1, 0.15) is 48.5 Å². The van der Waals surface area contributed by atoms with E-state index >= 15 is 0 Å². The molecule has 0 N–H and O–H groups in total. The fourth-order valence-corrected chi connectivity index (χ4v) is 4.21. The molecule has 0 saturated carbocycles. The molecule has 4 rings (SSSR count). The lowest BCUT2D eigenvalue weighted by Gasteiger charge is -2.30. The van der Waals surface area contributed by atoms with E-state index in [-0.39, 0.29) is 11.7 Å². The van der Waals surface area contributed by atoms with Gasteiger partial charge in [0.1, 0.15) is 0 Å². The Balaban J connectivity index is 1.30. The number of aromatic nitrogens is 2. The Morgan fingerprint density at radius 1 is 1.06 bits per heavy atom. The third kappa shape index (κ3) is 5.60. The van der Waals surface area contributed by atoms with Crippen molar-refractivity contribution < 1.29 is 9.21 Å². The van der Waals surface area contributed by atoms with E-state index in [1.807, 2.05) is 24.3 Å². The minimum Gasteiger partial charge on any atom is -0.419 e. The van der Waals surface area contributed by atoms with E-state index in [1.54, 1.807) is 12.1 Å². The largest absolute Gasteiger partial charge is 0.419 e. The second-order valence-electron chi connectivity index (χ2n) is 8.72. The van der Waals surface area contributed by atoms with Gasteiger partial charge < -0.3 is 4.42 Å². The molecule has 1 aromatic heterocycles. The first kappa shape index (κ1) is 21.7. The number of nitrogens with zero attached hydrogens (tertiary/aromatic N) is 3. The molecule has 0 radical (unpaired) electrons. The number of hydrogen-bond donors (Lipinski definition) is 0. The van der Waals surface area contributed by atoms with Crippen molar-refractivity contribution >= 4 is 17.4 Å². The van der Waals surface area contributed by atoms with Crippen molar-refractivity contribution in [3.8, 4) is 11.5 Å². The zero-order valence-corrected chi connectivity index (χ0v) is 18.8. The molecule has 0 unspecified atom stereocenters. The number of carbonyl (C=O) groups is 1. The fraction of sp³-hybridized carbons (Fsp3) is 0.400. The molecule has 0 amide bonds. The van der Waals surface area contributed by atoms with Crippen molar-refractivity contribution in [2.75, 3.05) is 13.1 Å². The highest BCUT2D eigenvalue weighted by Gasteiger charge is 2.26. The number of halogens is 1. The van der Waals surface area contributed by atoms with Gasteiger partial charge in [-0.1, -0.05) is 49.7 Å². The first-order valence-electron chi connectivity index (χ1n) is 10.9. The summed E-state index contributed by atoms with van der Waals surface area (Å²) in [6.45, 7) is 6.71. The van der Waals surface area contributed by atoms with Gasteiger partial charge in [-0.25, -0.2) is 0 Å². The van der Waals surface area contributed by atoms with E-state index in [0.717, 1.165) is 43.5 Å². The third-order valence-corrected chi connectivity index (χ3v) is 6.01. The number of benzene rings is 2. The molecule has 2 heterocycles. The van der Waals surface area contributed by atoms with Gasteiger partial charge in [0.05, 0.1) is 6.54 Å². The third-order valence-electron chi connectivity index (χ3n) is 5.76. The molecule has 0 aliphatic carbocycles. The van der Waals surface area contributed by atoms with Crippen LogP contribution in [0, 0.1) is 11.8 Å². The van der Waals surface area contributed by atoms with Crippen LogP contribution in [-0.4, -0.2) is 34.0 Å². The summed E-state index contributed by atoms with van der Waals surface area (Å²) < 4.78 is 5.82. The Kier molecular flexibility index (Phi) is 6.83. The molecule has 0 atom stereocenters. The summed E-state index contributed by atoms with van der Waals surface area (Å²) in [4.78, 5) is 15.2. The Hall–Kier alpha value is -2.50. The molecule has 1 fully saturated rings. The second-order valence-corrected chi connectivity index (χ2v) is 9.15. The predicted octanol–water partition coefficient (Wildman–Crippen LogP) is 5.68. The molecule has 0 bridgehead atoms. The van der Waals surface area contributed by atoms with Gasteiger partial charge in [0.25, 0.3) is 0 Å². The normalized spacial score (nSPS) is 15.5. The summed E-state index contributed by atoms with van der Waals surface area (Å²) in [5.41, 5.74) is 2.97. The first-order valence-corrected chi connectivity index (χ1v) is 11.3. The number of likely N-dealkylation sites (tertiary alicyclic amines) is 1. The van der Waals surface area contributed by atoms with Crippen LogP contribution in [0.4, 0.5) is 0 Å². The zero-order chi connectivity index (χ0) is 21.8. The minimum absolute atomic E-state index is 0.0829. The maximum absolute atomic E-state index is 12.9. The van der Waals surface area contributed by atoms with E-state index in [0.29, 0.717) is 29.3 Å². The van der Waals surface area contributed by atoms with Crippen LogP contribution in [0.5, 0.6) is 0 Å². The van der Waals surface area contributed by atoms with Gasteiger partial charge in [0, 0.05) is 22.1 Å². The standard InChI is InChI=1S/C25H28ClN3O2/c1-17(2)15-18-3-5-19(6-4-18)24(30)20-11-13-29(14-12-20)16-23-27-28-25(31-23)21-7-9-22(26)10-8-21/h3-10,17,20H,11-16H2,1-2H3. The Morgan fingerprint density at radius 2 is 1.74 bits per heavy atom. The highest BCUT2D eigenvalue weighted by atomic mass is 35.5. The number of Topliss-reactive ketones (excluding diaryl/α,β-unsaturated/α-hetero) is 1. The van der Waals surface area contributed by atoms with Crippen LogP contribution >= 0.6 is 11.6 Å². The minimum atomic E-state index is 0.0829. The molecule has 31 heavy (non-hydrogen) atoms. The number of ketones is 1. The molecule has 162 valence electrons. The van der Waals surface area contributed by atoms with Crippen LogP contribution in [0.2, 0.25) is 5.02 Å². The quantitative estimate of drug-likeness (QED) is 0.445. The van der Waals surface area contributed by atoms with E-state index in [4.69, 9.17) is 16.0 Å². The van der Waals surface area contributed by atoms with E-state index in [2.05, 4.69) is 41.1 Å². The van der Waals surface area contributed by atoms with Gasteiger partial charge in [0.15, 0.2) is 5.78 Å². The van der Waals surface area contributed by atoms with Crippen LogP contribution in [0.3, 0.4) is 0 Å². The second kappa shape index (κ2) is 9.75. The Bertz CT molecular complexity index is 1000. The summed E-state index contributed by atoms with van der Waals surface area (Å²) >= 11 is 5.93. The molecule has 1 aliphatic rings. The number of piperidine rings is 1. The van der Waals surface area contributed by atoms with Crippen molar-refractivity contribution in [3.05, 3.63) is 70.6 Å². The van der Waals surface area contributed by atoms with Gasteiger partial charge in [-0.3, -0.25) is 9.69 Å². The number of hydrogen-bond acceptors (Lipinski definition) is 5. The highest BCUT2D eigenvalue weighted by molar-refractivity contribution is 6.30. The smallest absolute Gasteiger partial charge is 0.247 e. The monoisotopic (exact) mass is 437 g/mol. The van der Waals surface area contributed by atoms with Crippen molar-refractivity contribution in [2.45, 2.75) is 39.7 Å². The summed E-state index contributed by atoms with van der Waals surface area (Å²) in [5, 5.41) is 9.00. The van der Waals surface area contributed by atoms with Gasteiger partial charge in [-0.15, -0.1) is 10.2 Å². The van der Waals surface area contributed by atoms with Crippen LogP contribution < -0.4 is 0 Å². The Morgan fingerprint density at radius 3 is 2.39 bits per heavy atom. The number of rotatable bonds is 7. The molecule has 2 aromatic carbocycles. The topological polar surface area (TPSA) is 59.2 Å². The van der Waals surface area contributed by atoms with Crippen molar-refractivity contribution in [1.29, 1.82) is 0 Å². The molecule has 1 aliphatic heterocycles. The summed E-state index contributed by atoms with van der Waals surface area (Å²) in [6, 6.07) is 15.5. The van der Waals surface area contributed by atoms with Crippen LogP contribution in [0.25, 0.3) is 11.5 Å². The predicted molar refractivity (Wildman–Crippen MR) is 122 cm³/mol. The highest BCUT2D eigenvalue weighted by Crippen LogP contribution is 2.25. The first-order chi connectivity index (χ1) is 15.0. The lowest BCUT2D eigenvalue weighted by Crippen LogP contribution is -2.36. The molecular weight excluding hydrogens is 410 g/mol.